The van der Waals surface area contributed by atoms with Crippen LogP contribution in [0.25, 0.3) is 0 Å². The molecule has 0 radical (unpaired) electrons. The average Bonchev–Trinajstić information content (AvgIpc) is 2.74. The summed E-state index contributed by atoms with van der Waals surface area (Å²) in [5.41, 5.74) is 5.98. The van der Waals surface area contributed by atoms with Crippen molar-refractivity contribution in [3.63, 3.8) is 0 Å². The van der Waals surface area contributed by atoms with E-state index >= 15 is 0 Å². The Morgan fingerprint density at radius 1 is 1.33 bits per heavy atom. The smallest absolute Gasteiger partial charge is 0.220 e. The number of likely N-dealkylation sites (N-methyl/N-ethyl adjacent to an activating group) is 1. The second-order valence-corrected chi connectivity index (χ2v) is 5.34. The van der Waals surface area contributed by atoms with Gasteiger partial charge >= 0.3 is 0 Å². The summed E-state index contributed by atoms with van der Waals surface area (Å²) >= 11 is 0. The molecule has 0 aromatic heterocycles. The normalized spacial score (nSPS) is 23.6. The van der Waals surface area contributed by atoms with E-state index in [0.717, 1.165) is 39.0 Å². The summed E-state index contributed by atoms with van der Waals surface area (Å²) in [6.07, 6.45) is 5.16. The first kappa shape index (κ1) is 15.4. The molecule has 106 valence electrons. The third-order valence-electron chi connectivity index (χ3n) is 3.90. The van der Waals surface area contributed by atoms with E-state index in [4.69, 9.17) is 5.73 Å². The first-order valence-electron chi connectivity index (χ1n) is 7.42. The van der Waals surface area contributed by atoms with Crippen LogP contribution in [-0.2, 0) is 4.79 Å². The van der Waals surface area contributed by atoms with Crippen LogP contribution in [0.2, 0.25) is 0 Å². The Morgan fingerprint density at radius 2 is 2.11 bits per heavy atom. The molecule has 18 heavy (non-hydrogen) atoms. The molecule has 3 N–H and O–H groups in total. The van der Waals surface area contributed by atoms with Crippen molar-refractivity contribution in [2.45, 2.75) is 52.0 Å². The Morgan fingerprint density at radius 3 is 2.67 bits per heavy atom. The van der Waals surface area contributed by atoms with Crippen molar-refractivity contribution in [3.05, 3.63) is 0 Å². The highest BCUT2D eigenvalue weighted by molar-refractivity contribution is 5.76. The van der Waals surface area contributed by atoms with Crippen LogP contribution in [0.1, 0.15) is 46.0 Å². The van der Waals surface area contributed by atoms with E-state index in [1.54, 1.807) is 0 Å². The lowest BCUT2D eigenvalue weighted by Gasteiger charge is -2.20. The van der Waals surface area contributed by atoms with E-state index in [2.05, 4.69) is 24.1 Å². The Bertz CT molecular complexity index is 245. The number of carbonyl (C=O) groups is 1. The van der Waals surface area contributed by atoms with Crippen LogP contribution in [0, 0.1) is 5.92 Å². The number of nitrogens with zero attached hydrogens (tertiary/aromatic N) is 1. The molecule has 0 aliphatic heterocycles. The van der Waals surface area contributed by atoms with Crippen LogP contribution >= 0.6 is 0 Å². The summed E-state index contributed by atoms with van der Waals surface area (Å²) in [5.74, 6) is 0.577. The molecule has 0 saturated heterocycles. The molecule has 0 heterocycles. The molecule has 4 nitrogen and oxygen atoms in total. The van der Waals surface area contributed by atoms with E-state index in [1.165, 1.54) is 12.8 Å². The number of hydrogen-bond acceptors (Lipinski definition) is 3. The Balaban J connectivity index is 2.12. The molecule has 0 aromatic carbocycles. The second-order valence-electron chi connectivity index (χ2n) is 5.34. The van der Waals surface area contributed by atoms with Crippen molar-refractivity contribution in [1.82, 2.24) is 10.2 Å². The number of nitrogens with two attached hydrogens (primary N) is 1. The van der Waals surface area contributed by atoms with Gasteiger partial charge in [0.2, 0.25) is 5.91 Å². The fourth-order valence-corrected chi connectivity index (χ4v) is 2.73. The Hall–Kier alpha value is -0.610. The zero-order chi connectivity index (χ0) is 13.4. The van der Waals surface area contributed by atoms with Crippen molar-refractivity contribution < 1.29 is 4.79 Å². The first-order valence-corrected chi connectivity index (χ1v) is 7.42. The van der Waals surface area contributed by atoms with Crippen molar-refractivity contribution in [3.8, 4) is 0 Å². The van der Waals surface area contributed by atoms with Crippen LogP contribution in [0.3, 0.4) is 0 Å². The van der Waals surface area contributed by atoms with Gasteiger partial charge in [-0.15, -0.1) is 0 Å². The summed E-state index contributed by atoms with van der Waals surface area (Å²) in [5, 5.41) is 3.02. The molecular formula is C14H29N3O. The lowest BCUT2D eigenvalue weighted by molar-refractivity contribution is -0.122. The summed E-state index contributed by atoms with van der Waals surface area (Å²) in [6, 6.07) is 0.239. The highest BCUT2D eigenvalue weighted by atomic mass is 16.1. The van der Waals surface area contributed by atoms with Crippen LogP contribution in [0.15, 0.2) is 0 Å². The lowest BCUT2D eigenvalue weighted by atomic mass is 10.00. The highest BCUT2D eigenvalue weighted by Crippen LogP contribution is 2.26. The van der Waals surface area contributed by atoms with E-state index in [0.29, 0.717) is 12.3 Å². The van der Waals surface area contributed by atoms with Crippen LogP contribution < -0.4 is 11.1 Å². The van der Waals surface area contributed by atoms with Gasteiger partial charge in [0.1, 0.15) is 0 Å². The van der Waals surface area contributed by atoms with Crippen LogP contribution in [0.5, 0.6) is 0 Å². The molecule has 1 rings (SSSR count). The number of rotatable bonds is 8. The standard InChI is InChI=1S/C14H29N3O/c1-3-9-17(4-2)10-8-16-14(18)11-12-6-5-7-13(12)15/h12-13H,3-11,15H2,1-2H3,(H,16,18)/t12-,13+/m0/s1. The van der Waals surface area contributed by atoms with Crippen LogP contribution in [0.4, 0.5) is 0 Å². The van der Waals surface area contributed by atoms with Gasteiger partial charge in [0.05, 0.1) is 0 Å². The molecule has 0 unspecified atom stereocenters. The molecule has 1 saturated carbocycles. The lowest BCUT2D eigenvalue weighted by Crippen LogP contribution is -2.37. The van der Waals surface area contributed by atoms with Gasteiger partial charge in [-0.25, -0.2) is 0 Å². The molecule has 1 amide bonds. The van der Waals surface area contributed by atoms with Crippen molar-refractivity contribution in [2.75, 3.05) is 26.2 Å². The molecule has 1 fully saturated rings. The summed E-state index contributed by atoms with van der Waals surface area (Å²) < 4.78 is 0. The van der Waals surface area contributed by atoms with Crippen molar-refractivity contribution in [1.29, 1.82) is 0 Å². The molecule has 0 bridgehead atoms. The quantitative estimate of drug-likeness (QED) is 0.688. The number of carbonyl (C=O) groups excluding carboxylic acids is 1. The van der Waals surface area contributed by atoms with E-state index < -0.39 is 0 Å². The highest BCUT2D eigenvalue weighted by Gasteiger charge is 2.25. The molecule has 1 aliphatic carbocycles. The minimum absolute atomic E-state index is 0.171. The van der Waals surface area contributed by atoms with Gasteiger partial charge < -0.3 is 16.0 Å². The fraction of sp³-hybridized carbons (Fsp3) is 0.929. The Labute approximate surface area is 111 Å². The van der Waals surface area contributed by atoms with Gasteiger partial charge in [-0.05, 0) is 38.3 Å². The van der Waals surface area contributed by atoms with Gasteiger partial charge in [-0.3, -0.25) is 4.79 Å². The monoisotopic (exact) mass is 255 g/mol. The maximum absolute atomic E-state index is 11.8. The van der Waals surface area contributed by atoms with Gasteiger partial charge in [0, 0.05) is 25.6 Å². The Kier molecular flexibility index (Phi) is 7.28. The van der Waals surface area contributed by atoms with Gasteiger partial charge in [-0.2, -0.15) is 0 Å². The number of nitrogens with one attached hydrogen (secondary N) is 1. The van der Waals surface area contributed by atoms with E-state index in [-0.39, 0.29) is 11.9 Å². The van der Waals surface area contributed by atoms with Gasteiger partial charge in [-0.1, -0.05) is 20.3 Å². The number of amides is 1. The zero-order valence-electron chi connectivity index (χ0n) is 12.0. The molecular weight excluding hydrogens is 226 g/mol. The van der Waals surface area contributed by atoms with E-state index in [1.807, 2.05) is 0 Å². The maximum Gasteiger partial charge on any atom is 0.220 e. The molecule has 4 heteroatoms. The zero-order valence-corrected chi connectivity index (χ0v) is 12.0. The van der Waals surface area contributed by atoms with E-state index in [9.17, 15) is 4.79 Å². The second kappa shape index (κ2) is 8.48. The summed E-state index contributed by atoms with van der Waals surface area (Å²) in [4.78, 5) is 14.1. The SMILES string of the molecule is CCCN(CC)CCNC(=O)C[C@@H]1CCC[C@H]1N. The third kappa shape index (κ3) is 5.36. The summed E-state index contributed by atoms with van der Waals surface area (Å²) in [7, 11) is 0. The largest absolute Gasteiger partial charge is 0.355 e. The molecule has 1 aliphatic rings. The maximum atomic E-state index is 11.8. The van der Waals surface area contributed by atoms with Crippen LogP contribution in [-0.4, -0.2) is 43.0 Å². The van der Waals surface area contributed by atoms with Crippen molar-refractivity contribution in [2.24, 2.45) is 11.7 Å². The molecule has 2 atom stereocenters. The minimum Gasteiger partial charge on any atom is -0.355 e. The van der Waals surface area contributed by atoms with Crippen molar-refractivity contribution >= 4 is 5.91 Å². The fourth-order valence-electron chi connectivity index (χ4n) is 2.73. The van der Waals surface area contributed by atoms with Gasteiger partial charge in [0.25, 0.3) is 0 Å². The number of hydrogen-bond donors (Lipinski definition) is 2. The minimum atomic E-state index is 0.171. The first-order chi connectivity index (χ1) is 8.67. The predicted octanol–water partition coefficient (Wildman–Crippen LogP) is 1.35. The average molecular weight is 255 g/mol. The predicted molar refractivity (Wildman–Crippen MR) is 75.3 cm³/mol. The molecule has 0 aromatic rings. The summed E-state index contributed by atoms with van der Waals surface area (Å²) in [6.45, 7) is 8.22. The van der Waals surface area contributed by atoms with Gasteiger partial charge in [0.15, 0.2) is 0 Å². The topological polar surface area (TPSA) is 58.4 Å². The third-order valence-corrected chi connectivity index (χ3v) is 3.90. The molecule has 0 spiro atoms.